The number of carbonyl (C=O) groups is 1. The third kappa shape index (κ3) is 5.18. The van der Waals surface area contributed by atoms with Gasteiger partial charge in [-0.1, -0.05) is 30.3 Å². The van der Waals surface area contributed by atoms with Crippen LogP contribution in [0.2, 0.25) is 0 Å². The maximum atomic E-state index is 13.0. The van der Waals surface area contributed by atoms with E-state index in [0.717, 1.165) is 23.3 Å². The molecule has 0 fully saturated rings. The average molecular weight is 546 g/mol. The molecule has 1 aliphatic rings. The van der Waals surface area contributed by atoms with Gasteiger partial charge in [0.25, 0.3) is 0 Å². The maximum Gasteiger partial charge on any atom is 0.516 e. The number of alkyl halides is 3. The van der Waals surface area contributed by atoms with Gasteiger partial charge in [-0.2, -0.15) is 36.8 Å². The van der Waals surface area contributed by atoms with E-state index in [9.17, 15) is 31.5 Å². The fourth-order valence-corrected chi connectivity index (χ4v) is 4.16. The fraction of sp³-hybridized carbons (Fsp3) is 0.160. The van der Waals surface area contributed by atoms with E-state index < -0.39 is 21.4 Å². The molecule has 0 unspecified atom stereocenters. The molecule has 9 nitrogen and oxygen atoms in total. The lowest BCUT2D eigenvalue weighted by atomic mass is 10.0. The molecule has 1 heterocycles. The summed E-state index contributed by atoms with van der Waals surface area (Å²) in [4.78, 5) is 13.0. The molecule has 0 saturated heterocycles. The lowest BCUT2D eigenvalue weighted by Gasteiger charge is -2.14. The van der Waals surface area contributed by atoms with Crippen molar-refractivity contribution < 1.29 is 31.5 Å². The van der Waals surface area contributed by atoms with Crippen LogP contribution in [0.1, 0.15) is 18.1 Å². The van der Waals surface area contributed by atoms with E-state index in [1.165, 1.54) is 34.0 Å². The average Bonchev–Trinajstić information content (AvgIpc) is 3.12. The van der Waals surface area contributed by atoms with Crippen molar-refractivity contribution in [3.05, 3.63) is 71.8 Å². The highest BCUT2D eigenvalue weighted by Gasteiger charge is 2.46. The lowest BCUT2D eigenvalue weighted by Crippen LogP contribution is -2.29. The first-order valence-electron chi connectivity index (χ1n) is 11.1. The van der Waals surface area contributed by atoms with Gasteiger partial charge in [0, 0.05) is 11.3 Å². The van der Waals surface area contributed by atoms with E-state index in [0.29, 0.717) is 11.4 Å². The summed E-state index contributed by atoms with van der Waals surface area (Å²) in [5.74, 6) is -0.794. The Labute approximate surface area is 216 Å². The van der Waals surface area contributed by atoms with Gasteiger partial charge in [0.1, 0.15) is 5.75 Å². The number of phenolic OH excluding ortho intramolecular Hbond substituents is 1. The molecule has 198 valence electrons. The molecular formula is C25H22F3N5O4S. The van der Waals surface area contributed by atoms with Gasteiger partial charge in [0.2, 0.25) is 0 Å². The van der Waals surface area contributed by atoms with E-state index in [2.05, 4.69) is 15.6 Å². The van der Waals surface area contributed by atoms with Crippen molar-refractivity contribution >= 4 is 44.4 Å². The molecule has 1 aliphatic heterocycles. The van der Waals surface area contributed by atoms with Gasteiger partial charge in [-0.05, 0) is 67.8 Å². The highest BCUT2D eigenvalue weighted by molar-refractivity contribution is 7.93. The van der Waals surface area contributed by atoms with Crippen LogP contribution in [0.3, 0.4) is 0 Å². The topological polar surface area (TPSA) is 123 Å². The van der Waals surface area contributed by atoms with Crippen LogP contribution in [-0.2, 0) is 14.8 Å². The summed E-state index contributed by atoms with van der Waals surface area (Å²) in [6.07, 6.45) is 0. The molecule has 38 heavy (non-hydrogen) atoms. The summed E-state index contributed by atoms with van der Waals surface area (Å²) in [5, 5.41) is 20.4. The van der Waals surface area contributed by atoms with Crippen LogP contribution in [0, 0.1) is 13.8 Å². The van der Waals surface area contributed by atoms with Crippen LogP contribution >= 0.6 is 0 Å². The number of hydrogen-bond acceptors (Lipinski definition) is 7. The fourth-order valence-electron chi connectivity index (χ4n) is 3.60. The smallest absolute Gasteiger partial charge is 0.505 e. The minimum atomic E-state index is -5.62. The molecule has 0 atom stereocenters. The Hall–Kier alpha value is -4.39. The van der Waals surface area contributed by atoms with Crippen molar-refractivity contribution in [1.82, 2.24) is 0 Å². The first-order valence-corrected chi connectivity index (χ1v) is 12.6. The minimum absolute atomic E-state index is 0.0246. The number of nitrogens with zero attached hydrogens (tertiary/aromatic N) is 3. The molecule has 4 rings (SSSR count). The first-order chi connectivity index (χ1) is 17.8. The number of benzene rings is 3. The zero-order valence-corrected chi connectivity index (χ0v) is 21.1. The molecule has 0 spiro atoms. The van der Waals surface area contributed by atoms with Gasteiger partial charge in [-0.15, -0.1) is 0 Å². The number of para-hydroxylation sites is 1. The number of nitrogens with one attached hydrogen (secondary N) is 2. The zero-order valence-electron chi connectivity index (χ0n) is 20.3. The molecule has 1 amide bonds. The Balaban J connectivity index is 1.58. The SMILES string of the molecule is CC1=NN(c2ccc(C)c(C)c2)C(=O)C1=NNc1cccc(-c2cccc(NS(=O)(=O)C(F)(F)F)c2)c1O. The Morgan fingerprint density at radius 1 is 0.974 bits per heavy atom. The van der Waals surface area contributed by atoms with Gasteiger partial charge >= 0.3 is 21.4 Å². The molecule has 0 bridgehead atoms. The molecule has 3 aromatic carbocycles. The number of anilines is 3. The second-order valence-corrected chi connectivity index (χ2v) is 10.2. The highest BCUT2D eigenvalue weighted by Crippen LogP contribution is 2.37. The number of aromatic hydroxyl groups is 1. The summed E-state index contributed by atoms with van der Waals surface area (Å²) in [6.45, 7) is 5.49. The minimum Gasteiger partial charge on any atom is -0.505 e. The van der Waals surface area contributed by atoms with Crippen LogP contribution < -0.4 is 15.2 Å². The monoisotopic (exact) mass is 545 g/mol. The van der Waals surface area contributed by atoms with Gasteiger partial charge in [-0.25, -0.2) is 0 Å². The van der Waals surface area contributed by atoms with Crippen LogP contribution in [0.5, 0.6) is 5.75 Å². The molecule has 0 aliphatic carbocycles. The number of rotatable bonds is 6. The van der Waals surface area contributed by atoms with Gasteiger partial charge in [0.15, 0.2) is 5.71 Å². The summed E-state index contributed by atoms with van der Waals surface area (Å²) < 4.78 is 62.6. The van der Waals surface area contributed by atoms with E-state index in [1.807, 2.05) is 26.0 Å². The molecule has 0 saturated carbocycles. The van der Waals surface area contributed by atoms with Gasteiger partial charge in [0.05, 0.1) is 17.1 Å². The molecule has 0 radical (unpaired) electrons. The Kier molecular flexibility index (Phi) is 6.89. The Morgan fingerprint density at radius 3 is 2.37 bits per heavy atom. The van der Waals surface area contributed by atoms with Gasteiger partial charge in [-0.3, -0.25) is 14.9 Å². The van der Waals surface area contributed by atoms with Crippen molar-refractivity contribution in [2.24, 2.45) is 10.2 Å². The predicted molar refractivity (Wildman–Crippen MR) is 140 cm³/mol. The lowest BCUT2D eigenvalue weighted by molar-refractivity contribution is -0.112. The first kappa shape index (κ1) is 26.7. The van der Waals surface area contributed by atoms with Crippen LogP contribution in [0.15, 0.2) is 70.9 Å². The summed E-state index contributed by atoms with van der Waals surface area (Å²) in [5.41, 5.74) is 0.335. The third-order valence-corrected chi connectivity index (χ3v) is 6.89. The van der Waals surface area contributed by atoms with Crippen molar-refractivity contribution in [3.63, 3.8) is 0 Å². The number of hydrazone groups is 2. The summed E-state index contributed by atoms with van der Waals surface area (Å²) in [6, 6.07) is 15.1. The standard InChI is InChI=1S/C25H22F3N5O4S/c1-14-10-11-19(12-15(14)2)33-24(35)22(16(3)31-33)30-29-21-9-5-8-20(23(21)34)17-6-4-7-18(13-17)32-38(36,37)25(26,27)28/h4-13,29,32,34H,1-3H3. The number of amides is 1. The maximum absolute atomic E-state index is 13.0. The number of carbonyl (C=O) groups excluding carboxylic acids is 1. The highest BCUT2D eigenvalue weighted by atomic mass is 32.2. The van der Waals surface area contributed by atoms with E-state index in [-0.39, 0.29) is 34.0 Å². The predicted octanol–water partition coefficient (Wildman–Crippen LogP) is 5.13. The summed E-state index contributed by atoms with van der Waals surface area (Å²) in [7, 11) is -5.62. The number of phenols is 1. The quantitative estimate of drug-likeness (QED) is 0.293. The zero-order chi connectivity index (χ0) is 27.8. The van der Waals surface area contributed by atoms with Gasteiger partial charge < -0.3 is 5.11 Å². The van der Waals surface area contributed by atoms with Crippen LogP contribution in [0.4, 0.5) is 30.2 Å². The van der Waals surface area contributed by atoms with E-state index in [4.69, 9.17) is 0 Å². The van der Waals surface area contributed by atoms with Crippen LogP contribution in [-0.4, -0.2) is 36.4 Å². The van der Waals surface area contributed by atoms with Crippen molar-refractivity contribution in [1.29, 1.82) is 0 Å². The second-order valence-electron chi connectivity index (χ2n) is 8.48. The van der Waals surface area contributed by atoms with Crippen molar-refractivity contribution in [2.45, 2.75) is 26.3 Å². The Bertz CT molecular complexity index is 1600. The third-order valence-electron chi connectivity index (χ3n) is 5.78. The second kappa shape index (κ2) is 9.82. The van der Waals surface area contributed by atoms with Crippen LogP contribution in [0.25, 0.3) is 11.1 Å². The number of aryl methyl sites for hydroxylation is 2. The van der Waals surface area contributed by atoms with Crippen molar-refractivity contribution in [2.75, 3.05) is 15.2 Å². The summed E-state index contributed by atoms with van der Waals surface area (Å²) >= 11 is 0. The molecule has 13 heteroatoms. The molecule has 3 aromatic rings. The molecule has 0 aromatic heterocycles. The largest absolute Gasteiger partial charge is 0.516 e. The van der Waals surface area contributed by atoms with E-state index in [1.54, 1.807) is 19.1 Å². The number of hydrogen-bond donors (Lipinski definition) is 3. The van der Waals surface area contributed by atoms with Crippen molar-refractivity contribution in [3.8, 4) is 16.9 Å². The number of halogens is 3. The number of sulfonamides is 1. The Morgan fingerprint density at radius 2 is 1.68 bits per heavy atom. The van der Waals surface area contributed by atoms with E-state index >= 15 is 0 Å². The molecule has 3 N–H and O–H groups in total. The molecular weight excluding hydrogens is 523 g/mol. The normalized spacial score (nSPS) is 15.1.